The lowest BCUT2D eigenvalue weighted by Crippen LogP contribution is -2.30. The molecule has 1 aliphatic rings. The van der Waals surface area contributed by atoms with Gasteiger partial charge in [0.2, 0.25) is 0 Å². The van der Waals surface area contributed by atoms with E-state index in [4.69, 9.17) is 4.74 Å². The van der Waals surface area contributed by atoms with Gasteiger partial charge in [-0.25, -0.2) is 8.42 Å². The Morgan fingerprint density at radius 3 is 2.50 bits per heavy atom. The SMILES string of the molecule is CC(C)C[C@H](CCc1cc(S(=O)(=O)N(C)CC2CO2)sc1C(F)(F)F)C(=O)O. The smallest absolute Gasteiger partial charge is 0.425 e. The van der Waals surface area contributed by atoms with Gasteiger partial charge in [0.25, 0.3) is 10.0 Å². The second kappa shape index (κ2) is 8.68. The molecule has 0 bridgehead atoms. The number of thiophene rings is 1. The number of aryl methyl sites for hydroxylation is 1. The second-order valence-electron chi connectivity index (χ2n) is 7.36. The highest BCUT2D eigenvalue weighted by Gasteiger charge is 2.39. The van der Waals surface area contributed by atoms with Crippen LogP contribution in [0.5, 0.6) is 0 Å². The number of carboxylic acid groups (broad SMARTS) is 1. The van der Waals surface area contributed by atoms with Crippen molar-refractivity contribution >= 4 is 27.3 Å². The molecule has 0 spiro atoms. The Hall–Kier alpha value is -1.17. The summed E-state index contributed by atoms with van der Waals surface area (Å²) >= 11 is 0.180. The highest BCUT2D eigenvalue weighted by Crippen LogP contribution is 2.41. The number of nitrogens with zero attached hydrogens (tertiary/aromatic N) is 1. The zero-order chi connectivity index (χ0) is 21.3. The number of hydrogen-bond acceptors (Lipinski definition) is 5. The molecule has 6 nitrogen and oxygen atoms in total. The summed E-state index contributed by atoms with van der Waals surface area (Å²) in [6.45, 7) is 4.18. The molecule has 1 saturated heterocycles. The summed E-state index contributed by atoms with van der Waals surface area (Å²) in [5.41, 5.74) is -0.179. The molecule has 28 heavy (non-hydrogen) atoms. The van der Waals surface area contributed by atoms with Gasteiger partial charge in [-0.3, -0.25) is 4.79 Å². The average molecular weight is 444 g/mol. The lowest BCUT2D eigenvalue weighted by Gasteiger charge is -2.15. The summed E-state index contributed by atoms with van der Waals surface area (Å²) in [4.78, 5) is 10.4. The fraction of sp³-hybridized carbons (Fsp3) is 0.706. The molecule has 1 unspecified atom stereocenters. The van der Waals surface area contributed by atoms with E-state index in [1.165, 1.54) is 7.05 Å². The lowest BCUT2D eigenvalue weighted by atomic mass is 9.91. The van der Waals surface area contributed by atoms with Gasteiger partial charge < -0.3 is 9.84 Å². The maximum absolute atomic E-state index is 13.4. The monoisotopic (exact) mass is 443 g/mol. The van der Waals surface area contributed by atoms with Crippen LogP contribution in [0, 0.1) is 11.8 Å². The number of halogens is 3. The Bertz CT molecular complexity index is 800. The van der Waals surface area contributed by atoms with Gasteiger partial charge in [0.1, 0.15) is 9.09 Å². The van der Waals surface area contributed by atoms with Crippen molar-refractivity contribution in [3.8, 4) is 0 Å². The third-order valence-corrected chi connectivity index (χ3v) is 7.93. The Balaban J connectivity index is 2.26. The average Bonchev–Trinajstić information content (AvgIpc) is 3.24. The van der Waals surface area contributed by atoms with Crippen LogP contribution in [-0.2, 0) is 32.2 Å². The molecular formula is C17H24F3NO5S2. The molecule has 0 aromatic carbocycles. The first-order valence-electron chi connectivity index (χ1n) is 8.83. The minimum atomic E-state index is -4.71. The number of rotatable bonds is 10. The van der Waals surface area contributed by atoms with Gasteiger partial charge >= 0.3 is 12.1 Å². The summed E-state index contributed by atoms with van der Waals surface area (Å²) in [5.74, 6) is -1.76. The molecule has 1 aromatic rings. The fourth-order valence-corrected chi connectivity index (χ4v) is 5.73. The predicted octanol–water partition coefficient (Wildman–Crippen LogP) is 3.47. The van der Waals surface area contributed by atoms with Crippen molar-refractivity contribution in [3.63, 3.8) is 0 Å². The molecule has 0 amide bonds. The molecule has 0 saturated carbocycles. The normalized spacial score (nSPS) is 18.6. The van der Waals surface area contributed by atoms with Crippen molar-refractivity contribution in [1.82, 2.24) is 4.31 Å². The highest BCUT2D eigenvalue weighted by atomic mass is 32.2. The van der Waals surface area contributed by atoms with Crippen LogP contribution in [0.4, 0.5) is 13.2 Å². The molecule has 11 heteroatoms. The molecule has 1 fully saturated rings. The van der Waals surface area contributed by atoms with Crippen molar-refractivity contribution in [2.75, 3.05) is 20.2 Å². The molecule has 2 rings (SSSR count). The zero-order valence-corrected chi connectivity index (χ0v) is 17.5. The third kappa shape index (κ3) is 5.91. The number of sulfonamides is 1. The van der Waals surface area contributed by atoms with Crippen molar-refractivity contribution in [3.05, 3.63) is 16.5 Å². The van der Waals surface area contributed by atoms with E-state index in [0.717, 1.165) is 10.4 Å². The van der Waals surface area contributed by atoms with Crippen LogP contribution in [0.25, 0.3) is 0 Å². The lowest BCUT2D eigenvalue weighted by molar-refractivity contribution is -0.142. The first-order chi connectivity index (χ1) is 12.8. The molecule has 0 aliphatic carbocycles. The number of epoxide rings is 1. The van der Waals surface area contributed by atoms with Crippen molar-refractivity contribution in [1.29, 1.82) is 0 Å². The number of alkyl halides is 3. The summed E-state index contributed by atoms with van der Waals surface area (Å²) in [6.07, 6.45) is -4.73. The van der Waals surface area contributed by atoms with Gasteiger partial charge in [-0.05, 0) is 36.8 Å². The maximum atomic E-state index is 13.4. The molecule has 1 aliphatic heterocycles. The molecule has 1 N–H and O–H groups in total. The zero-order valence-electron chi connectivity index (χ0n) is 15.8. The van der Waals surface area contributed by atoms with Crippen molar-refractivity contribution in [2.24, 2.45) is 11.8 Å². The molecule has 2 heterocycles. The standard InChI is InChI=1S/C17H24F3NO5S2/c1-10(2)6-12(16(22)23)5-4-11-7-14(27-15(11)17(18,19)20)28(24,25)21(3)8-13-9-26-13/h7,10,12-13H,4-6,8-9H2,1-3H3,(H,22,23)/t12-,13?/m0/s1. The van der Waals surface area contributed by atoms with E-state index < -0.39 is 37.2 Å². The van der Waals surface area contributed by atoms with E-state index in [0.29, 0.717) is 13.0 Å². The number of likely N-dealkylation sites (N-methyl/N-ethyl adjacent to an activating group) is 1. The maximum Gasteiger partial charge on any atom is 0.425 e. The quantitative estimate of drug-likeness (QED) is 0.560. The molecular weight excluding hydrogens is 419 g/mol. The molecule has 0 radical (unpaired) electrons. The van der Waals surface area contributed by atoms with Crippen LogP contribution in [0.15, 0.2) is 10.3 Å². The second-order valence-corrected chi connectivity index (χ2v) is 10.7. The van der Waals surface area contributed by atoms with E-state index >= 15 is 0 Å². The van der Waals surface area contributed by atoms with Crippen molar-refractivity contribution < 1.29 is 36.2 Å². The number of carbonyl (C=O) groups is 1. The van der Waals surface area contributed by atoms with Crippen LogP contribution < -0.4 is 0 Å². The molecule has 2 atom stereocenters. The Morgan fingerprint density at radius 2 is 2.04 bits per heavy atom. The largest absolute Gasteiger partial charge is 0.481 e. The van der Waals surface area contributed by atoms with Gasteiger partial charge in [0.05, 0.1) is 18.6 Å². The van der Waals surface area contributed by atoms with Gasteiger partial charge in [-0.2, -0.15) is 17.5 Å². The van der Waals surface area contributed by atoms with E-state index in [1.54, 1.807) is 0 Å². The van der Waals surface area contributed by atoms with Crippen molar-refractivity contribution in [2.45, 2.75) is 49.6 Å². The third-order valence-electron chi connectivity index (χ3n) is 4.44. The van der Waals surface area contributed by atoms with Gasteiger partial charge in [0, 0.05) is 13.6 Å². The number of ether oxygens (including phenoxy) is 1. The summed E-state index contributed by atoms with van der Waals surface area (Å²) in [5, 5.41) is 9.29. The van der Waals surface area contributed by atoms with Crippen LogP contribution in [0.2, 0.25) is 0 Å². The summed E-state index contributed by atoms with van der Waals surface area (Å²) < 4.78 is 71.1. The number of carboxylic acids is 1. The van der Waals surface area contributed by atoms with E-state index in [9.17, 15) is 31.5 Å². The van der Waals surface area contributed by atoms with Crippen LogP contribution >= 0.6 is 11.3 Å². The summed E-state index contributed by atoms with van der Waals surface area (Å²) in [7, 11) is -2.78. The Labute approximate surface area is 166 Å². The predicted molar refractivity (Wildman–Crippen MR) is 97.8 cm³/mol. The van der Waals surface area contributed by atoms with Crippen LogP contribution in [0.3, 0.4) is 0 Å². The number of aliphatic carboxylic acids is 1. The fourth-order valence-electron chi connectivity index (χ4n) is 2.91. The van der Waals surface area contributed by atoms with Gasteiger partial charge in [-0.1, -0.05) is 13.8 Å². The van der Waals surface area contributed by atoms with Crippen LogP contribution in [0.1, 0.15) is 37.1 Å². The number of hydrogen-bond donors (Lipinski definition) is 1. The first-order valence-corrected chi connectivity index (χ1v) is 11.1. The minimum absolute atomic E-state index is 0.0125. The van der Waals surface area contributed by atoms with E-state index in [2.05, 4.69) is 0 Å². The molecule has 160 valence electrons. The van der Waals surface area contributed by atoms with Gasteiger partial charge in [-0.15, -0.1) is 11.3 Å². The Morgan fingerprint density at radius 1 is 1.43 bits per heavy atom. The summed E-state index contributed by atoms with van der Waals surface area (Å²) in [6, 6.07) is 1.03. The topological polar surface area (TPSA) is 87.2 Å². The highest BCUT2D eigenvalue weighted by molar-refractivity contribution is 7.91. The van der Waals surface area contributed by atoms with E-state index in [1.807, 2.05) is 13.8 Å². The first kappa shape index (κ1) is 23.1. The van der Waals surface area contributed by atoms with Crippen LogP contribution in [-0.4, -0.2) is 50.1 Å². The Kier molecular flexibility index (Phi) is 7.17. The molecule has 1 aromatic heterocycles. The van der Waals surface area contributed by atoms with Gasteiger partial charge in [0.15, 0.2) is 0 Å². The minimum Gasteiger partial charge on any atom is -0.481 e. The van der Waals surface area contributed by atoms with E-state index in [-0.39, 0.29) is 48.3 Å².